The van der Waals surface area contributed by atoms with Gasteiger partial charge in [-0.2, -0.15) is 5.10 Å². The summed E-state index contributed by atoms with van der Waals surface area (Å²) in [5.74, 6) is -1.03. The van der Waals surface area contributed by atoms with Crippen LogP contribution in [0, 0.1) is 17.6 Å². The molecule has 10 heteroatoms. The van der Waals surface area contributed by atoms with Crippen LogP contribution in [-0.2, 0) is 6.42 Å². The Morgan fingerprint density at radius 2 is 1.97 bits per heavy atom. The van der Waals surface area contributed by atoms with Gasteiger partial charge >= 0.3 is 0 Å². The number of hydrogen-bond acceptors (Lipinski definition) is 6. The van der Waals surface area contributed by atoms with E-state index in [2.05, 4.69) is 20.8 Å². The van der Waals surface area contributed by atoms with Crippen molar-refractivity contribution in [2.24, 2.45) is 5.92 Å². The van der Waals surface area contributed by atoms with Gasteiger partial charge in [-0.3, -0.25) is 9.59 Å². The third-order valence-electron chi connectivity index (χ3n) is 6.95. The number of amides is 1. The zero-order valence-corrected chi connectivity index (χ0v) is 21.1. The summed E-state index contributed by atoms with van der Waals surface area (Å²) in [6.45, 7) is 3.36. The Hall–Kier alpha value is -3.37. The molecule has 1 aromatic heterocycles. The van der Waals surface area contributed by atoms with Crippen molar-refractivity contribution in [1.82, 2.24) is 25.3 Å². The van der Waals surface area contributed by atoms with Crippen LogP contribution in [0.2, 0.25) is 0 Å². The molecule has 1 aliphatic heterocycles. The van der Waals surface area contributed by atoms with Crippen molar-refractivity contribution < 1.29 is 13.6 Å². The molecule has 0 spiro atoms. The fourth-order valence-corrected chi connectivity index (χ4v) is 4.71. The molecule has 196 valence electrons. The van der Waals surface area contributed by atoms with Crippen LogP contribution in [-0.4, -0.2) is 78.8 Å². The topological polar surface area (TPSA) is 93.4 Å². The van der Waals surface area contributed by atoms with Gasteiger partial charge in [0.15, 0.2) is 0 Å². The van der Waals surface area contributed by atoms with E-state index >= 15 is 0 Å². The summed E-state index contributed by atoms with van der Waals surface area (Å²) in [6, 6.07) is 7.60. The second-order valence-electron chi connectivity index (χ2n) is 10.4. The first-order valence-electron chi connectivity index (χ1n) is 12.7. The molecule has 1 saturated carbocycles. The average Bonchev–Trinajstić information content (AvgIpc) is 3.65. The molecular formula is C27H32F2N6O2. The first-order valence-corrected chi connectivity index (χ1v) is 12.7. The van der Waals surface area contributed by atoms with E-state index < -0.39 is 17.2 Å². The summed E-state index contributed by atoms with van der Waals surface area (Å²) >= 11 is 0. The number of fused-ring (bicyclic) bond motifs is 1. The van der Waals surface area contributed by atoms with E-state index in [0.717, 1.165) is 6.54 Å². The minimum absolute atomic E-state index is 0.0233. The first kappa shape index (κ1) is 25.3. The van der Waals surface area contributed by atoms with Gasteiger partial charge in [0.25, 0.3) is 11.5 Å². The highest BCUT2D eigenvalue weighted by molar-refractivity contribution is 5.96. The number of benzene rings is 2. The van der Waals surface area contributed by atoms with Crippen LogP contribution in [0.15, 0.2) is 35.1 Å². The smallest absolute Gasteiger partial charge is 0.272 e. The molecule has 0 atom stereocenters. The second-order valence-corrected chi connectivity index (χ2v) is 10.4. The Labute approximate surface area is 214 Å². The molecule has 5 rings (SSSR count). The van der Waals surface area contributed by atoms with Crippen LogP contribution in [0.1, 0.15) is 34.5 Å². The first-order chi connectivity index (χ1) is 17.8. The van der Waals surface area contributed by atoms with Crippen LogP contribution in [0.5, 0.6) is 0 Å². The summed E-state index contributed by atoms with van der Waals surface area (Å²) in [6.07, 6.45) is 2.67. The number of hydrogen-bond donors (Lipinski definition) is 3. The fourth-order valence-electron chi connectivity index (χ4n) is 4.71. The summed E-state index contributed by atoms with van der Waals surface area (Å²) in [4.78, 5) is 29.1. The normalized spacial score (nSPS) is 15.9. The van der Waals surface area contributed by atoms with Crippen molar-refractivity contribution in [3.63, 3.8) is 0 Å². The van der Waals surface area contributed by atoms with Crippen LogP contribution < -0.4 is 16.2 Å². The van der Waals surface area contributed by atoms with Crippen molar-refractivity contribution >= 4 is 22.4 Å². The number of carbonyl (C=O) groups is 1. The summed E-state index contributed by atoms with van der Waals surface area (Å²) in [5.41, 5.74) is 1.17. The van der Waals surface area contributed by atoms with Crippen molar-refractivity contribution in [3.05, 3.63) is 69.1 Å². The van der Waals surface area contributed by atoms with Gasteiger partial charge in [-0.05, 0) is 56.8 Å². The summed E-state index contributed by atoms with van der Waals surface area (Å²) < 4.78 is 29.0. The highest BCUT2D eigenvalue weighted by Crippen LogP contribution is 2.28. The number of likely N-dealkylation sites (tertiary alicyclic amines) is 1. The predicted octanol–water partition coefficient (Wildman–Crippen LogP) is 2.59. The number of rotatable bonds is 10. The van der Waals surface area contributed by atoms with Crippen LogP contribution >= 0.6 is 0 Å². The molecule has 1 saturated heterocycles. The summed E-state index contributed by atoms with van der Waals surface area (Å²) in [5, 5.41) is 14.1. The molecular weight excluding hydrogens is 478 g/mol. The Morgan fingerprint density at radius 3 is 2.70 bits per heavy atom. The van der Waals surface area contributed by atoms with Gasteiger partial charge < -0.3 is 20.4 Å². The van der Waals surface area contributed by atoms with E-state index in [1.807, 2.05) is 19.0 Å². The number of likely N-dealkylation sites (N-methyl/N-ethyl adjacent to an activating group) is 1. The van der Waals surface area contributed by atoms with Crippen molar-refractivity contribution in [2.75, 3.05) is 52.1 Å². The lowest BCUT2D eigenvalue weighted by Crippen LogP contribution is -2.53. The summed E-state index contributed by atoms with van der Waals surface area (Å²) in [7, 11) is 3.86. The Kier molecular flexibility index (Phi) is 7.21. The van der Waals surface area contributed by atoms with Crippen LogP contribution in [0.25, 0.3) is 10.8 Å². The molecule has 1 amide bonds. The Balaban J connectivity index is 1.37. The second kappa shape index (κ2) is 10.5. The van der Waals surface area contributed by atoms with Gasteiger partial charge in [-0.25, -0.2) is 13.9 Å². The lowest BCUT2D eigenvalue weighted by Gasteiger charge is -2.39. The van der Waals surface area contributed by atoms with Gasteiger partial charge in [0, 0.05) is 62.2 Å². The lowest BCUT2D eigenvalue weighted by atomic mass is 9.97. The fraction of sp³-hybridized carbons (Fsp3) is 0.444. The zero-order chi connectivity index (χ0) is 26.1. The number of H-pyrrole nitrogens is 1. The number of anilines is 1. The number of nitrogens with one attached hydrogen (secondary N) is 3. The van der Waals surface area contributed by atoms with Crippen LogP contribution in [0.4, 0.5) is 14.5 Å². The van der Waals surface area contributed by atoms with Gasteiger partial charge in [-0.15, -0.1) is 0 Å². The molecule has 1 aliphatic carbocycles. The van der Waals surface area contributed by atoms with E-state index in [9.17, 15) is 18.4 Å². The zero-order valence-electron chi connectivity index (χ0n) is 21.1. The predicted molar refractivity (Wildman–Crippen MR) is 139 cm³/mol. The van der Waals surface area contributed by atoms with E-state index in [-0.39, 0.29) is 23.3 Å². The van der Waals surface area contributed by atoms with Gasteiger partial charge in [0.2, 0.25) is 0 Å². The molecule has 2 aliphatic rings. The number of aromatic nitrogens is 2. The van der Waals surface area contributed by atoms with Crippen molar-refractivity contribution in [1.29, 1.82) is 0 Å². The number of carbonyl (C=O) groups excluding carboxylic acids is 1. The van der Waals surface area contributed by atoms with Crippen molar-refractivity contribution in [3.8, 4) is 0 Å². The highest BCUT2D eigenvalue weighted by Gasteiger charge is 2.33. The van der Waals surface area contributed by atoms with Gasteiger partial charge in [-0.1, -0.05) is 6.07 Å². The quantitative estimate of drug-likeness (QED) is 0.388. The number of nitrogens with zero attached hydrogens (tertiary/aromatic N) is 3. The third-order valence-corrected chi connectivity index (χ3v) is 6.95. The maximum atomic E-state index is 14.7. The number of halogens is 2. The minimum Gasteiger partial charge on any atom is -0.383 e. The third kappa shape index (κ3) is 5.80. The van der Waals surface area contributed by atoms with Crippen molar-refractivity contribution in [2.45, 2.75) is 25.3 Å². The van der Waals surface area contributed by atoms with E-state index in [0.29, 0.717) is 60.5 Å². The van der Waals surface area contributed by atoms with E-state index in [1.165, 1.54) is 31.0 Å². The molecule has 8 nitrogen and oxygen atoms in total. The molecule has 37 heavy (non-hydrogen) atoms. The Morgan fingerprint density at radius 1 is 1.19 bits per heavy atom. The molecule has 0 radical (unpaired) electrons. The molecule has 0 bridgehead atoms. The molecule has 2 fully saturated rings. The average molecular weight is 511 g/mol. The minimum atomic E-state index is -0.569. The Bertz CT molecular complexity index is 1360. The molecule has 0 unspecified atom stereocenters. The molecule has 2 aromatic carbocycles. The number of aromatic amines is 1. The molecule has 3 aromatic rings. The monoisotopic (exact) mass is 510 g/mol. The molecule has 2 heterocycles. The SMILES string of the molecule is CN(C)CCNc1cc(F)cc2c(=O)[nH]nc(Cc3ccc(F)c(C(=O)N4CC(CNC5CC5)C4)c3)c12. The van der Waals surface area contributed by atoms with Gasteiger partial charge in [0.05, 0.1) is 16.6 Å². The van der Waals surface area contributed by atoms with Crippen LogP contribution in [0.3, 0.4) is 0 Å². The van der Waals surface area contributed by atoms with E-state index in [4.69, 9.17) is 0 Å². The van der Waals surface area contributed by atoms with E-state index in [1.54, 1.807) is 17.0 Å². The lowest BCUT2D eigenvalue weighted by molar-refractivity contribution is 0.0495. The maximum Gasteiger partial charge on any atom is 0.272 e. The molecule has 3 N–H and O–H groups in total. The maximum absolute atomic E-state index is 14.7. The standard InChI is InChI=1S/C27H32F2N6O2/c1-34(2)8-7-30-23-12-18(28)11-21-25(23)24(32-33-26(21)36)10-16-3-6-22(29)20(9-16)27(37)35-14-17(15-35)13-31-19-4-5-19/h3,6,9,11-12,17,19,30-31H,4-5,7-8,10,13-15H2,1-2H3,(H,33,36). The largest absolute Gasteiger partial charge is 0.383 e. The highest BCUT2D eigenvalue weighted by atomic mass is 19.1. The van der Waals surface area contributed by atoms with Gasteiger partial charge in [0.1, 0.15) is 11.6 Å².